The third-order valence-electron chi connectivity index (χ3n) is 4.22. The molecule has 2 aromatic carbocycles. The lowest BCUT2D eigenvalue weighted by Gasteiger charge is -2.16. The molecule has 0 aliphatic carbocycles. The molecular formula is C21H26ClN3O2. The second-order valence-electron chi connectivity index (χ2n) is 6.74. The molecule has 0 bridgehead atoms. The predicted molar refractivity (Wildman–Crippen MR) is 110 cm³/mol. The Morgan fingerprint density at radius 2 is 2.00 bits per heavy atom. The molecule has 5 nitrogen and oxygen atoms in total. The highest BCUT2D eigenvalue weighted by Gasteiger charge is 2.11. The second kappa shape index (κ2) is 9.11. The van der Waals surface area contributed by atoms with E-state index in [2.05, 4.69) is 15.3 Å². The number of ether oxygens (including phenoxy) is 2. The van der Waals surface area contributed by atoms with Gasteiger partial charge in [0.25, 0.3) is 0 Å². The van der Waals surface area contributed by atoms with Gasteiger partial charge in [-0.05, 0) is 50.6 Å². The van der Waals surface area contributed by atoms with Gasteiger partial charge in [0, 0.05) is 24.1 Å². The first-order valence-corrected chi connectivity index (χ1v) is 9.62. The standard InChI is InChI=1S/C21H26ClN3O2/c1-14(2)27-20-12-16(22)15(11-19(20)26-3)13-23-10-6-9-21-24-17-7-4-5-8-18(17)25-21/h4-5,7-8,11-12,14,23H,6,9-10,13H2,1-3H3,(H,24,25). The fraction of sp³-hybridized carbons (Fsp3) is 0.381. The molecule has 0 unspecified atom stereocenters. The molecule has 0 radical (unpaired) electrons. The zero-order valence-corrected chi connectivity index (χ0v) is 16.8. The lowest BCUT2D eigenvalue weighted by Crippen LogP contribution is -2.16. The highest BCUT2D eigenvalue weighted by atomic mass is 35.5. The molecule has 1 heterocycles. The number of fused-ring (bicyclic) bond motifs is 1. The van der Waals surface area contributed by atoms with Crippen LogP contribution in [0.3, 0.4) is 0 Å². The first-order chi connectivity index (χ1) is 13.1. The van der Waals surface area contributed by atoms with Gasteiger partial charge in [-0.25, -0.2) is 4.98 Å². The number of methoxy groups -OCH3 is 1. The SMILES string of the molecule is COc1cc(CNCCCc2nc3ccccc3[nH]2)c(Cl)cc1OC(C)C. The van der Waals surface area contributed by atoms with E-state index in [0.29, 0.717) is 23.1 Å². The summed E-state index contributed by atoms with van der Waals surface area (Å²) >= 11 is 6.41. The first kappa shape index (κ1) is 19.5. The van der Waals surface area contributed by atoms with Crippen LogP contribution in [0.25, 0.3) is 11.0 Å². The van der Waals surface area contributed by atoms with E-state index in [1.165, 1.54) is 0 Å². The number of aryl methyl sites for hydroxylation is 1. The van der Waals surface area contributed by atoms with Gasteiger partial charge in [0.2, 0.25) is 0 Å². The van der Waals surface area contributed by atoms with Crippen molar-refractivity contribution in [2.45, 2.75) is 39.3 Å². The number of para-hydroxylation sites is 2. The summed E-state index contributed by atoms with van der Waals surface area (Å²) in [7, 11) is 1.64. The van der Waals surface area contributed by atoms with E-state index < -0.39 is 0 Å². The number of benzene rings is 2. The number of aromatic nitrogens is 2. The summed E-state index contributed by atoms with van der Waals surface area (Å²) in [6.07, 6.45) is 1.96. The molecule has 0 fully saturated rings. The van der Waals surface area contributed by atoms with Crippen molar-refractivity contribution in [1.82, 2.24) is 15.3 Å². The summed E-state index contributed by atoms with van der Waals surface area (Å²) < 4.78 is 11.2. The normalized spacial score (nSPS) is 11.3. The van der Waals surface area contributed by atoms with Crippen molar-refractivity contribution in [3.8, 4) is 11.5 Å². The number of halogens is 1. The second-order valence-corrected chi connectivity index (χ2v) is 7.15. The van der Waals surface area contributed by atoms with Crippen molar-refractivity contribution in [2.75, 3.05) is 13.7 Å². The Labute approximate surface area is 165 Å². The van der Waals surface area contributed by atoms with Gasteiger partial charge in [-0.15, -0.1) is 0 Å². The number of imidazole rings is 1. The van der Waals surface area contributed by atoms with E-state index in [0.717, 1.165) is 41.8 Å². The van der Waals surface area contributed by atoms with Gasteiger partial charge in [-0.2, -0.15) is 0 Å². The van der Waals surface area contributed by atoms with Crippen LogP contribution in [-0.4, -0.2) is 29.7 Å². The third kappa shape index (κ3) is 5.15. The summed E-state index contributed by atoms with van der Waals surface area (Å²) in [5.41, 5.74) is 3.10. The van der Waals surface area contributed by atoms with Gasteiger partial charge in [0.1, 0.15) is 5.82 Å². The van der Waals surface area contributed by atoms with Crippen LogP contribution in [0.5, 0.6) is 11.5 Å². The molecular weight excluding hydrogens is 362 g/mol. The van der Waals surface area contributed by atoms with Gasteiger partial charge >= 0.3 is 0 Å². The number of H-pyrrole nitrogens is 1. The number of nitrogens with zero attached hydrogens (tertiary/aromatic N) is 1. The number of aromatic amines is 1. The van der Waals surface area contributed by atoms with Crippen LogP contribution in [0.1, 0.15) is 31.7 Å². The van der Waals surface area contributed by atoms with Crippen LogP contribution < -0.4 is 14.8 Å². The van der Waals surface area contributed by atoms with Gasteiger partial charge in [0.15, 0.2) is 11.5 Å². The minimum absolute atomic E-state index is 0.0668. The topological polar surface area (TPSA) is 59.2 Å². The molecule has 2 N–H and O–H groups in total. The average Bonchev–Trinajstić information content (AvgIpc) is 3.05. The molecule has 3 aromatic rings. The molecule has 0 saturated carbocycles. The molecule has 3 rings (SSSR count). The van der Waals surface area contributed by atoms with E-state index in [1.807, 2.05) is 50.2 Å². The summed E-state index contributed by atoms with van der Waals surface area (Å²) in [4.78, 5) is 7.96. The average molecular weight is 388 g/mol. The van der Waals surface area contributed by atoms with E-state index in [9.17, 15) is 0 Å². The van der Waals surface area contributed by atoms with Gasteiger partial charge < -0.3 is 19.8 Å². The Bertz CT molecular complexity index is 859. The molecule has 0 saturated heterocycles. The summed E-state index contributed by atoms with van der Waals surface area (Å²) in [6.45, 7) is 5.51. The van der Waals surface area contributed by atoms with Gasteiger partial charge in [-0.1, -0.05) is 23.7 Å². The molecule has 6 heteroatoms. The van der Waals surface area contributed by atoms with Crippen LogP contribution in [0, 0.1) is 0 Å². The van der Waals surface area contributed by atoms with Crippen LogP contribution in [0.15, 0.2) is 36.4 Å². The highest BCUT2D eigenvalue weighted by molar-refractivity contribution is 6.31. The lowest BCUT2D eigenvalue weighted by molar-refractivity contribution is 0.230. The molecule has 0 atom stereocenters. The predicted octanol–water partition coefficient (Wildman–Crippen LogP) is 4.73. The molecule has 0 aliphatic rings. The maximum atomic E-state index is 6.41. The Kier molecular flexibility index (Phi) is 6.58. The monoisotopic (exact) mass is 387 g/mol. The molecule has 0 aliphatic heterocycles. The van der Waals surface area contributed by atoms with Gasteiger partial charge in [0.05, 0.1) is 24.2 Å². The highest BCUT2D eigenvalue weighted by Crippen LogP contribution is 2.34. The van der Waals surface area contributed by atoms with E-state index in [4.69, 9.17) is 21.1 Å². The quantitative estimate of drug-likeness (QED) is 0.521. The van der Waals surface area contributed by atoms with Crippen LogP contribution in [0.4, 0.5) is 0 Å². The smallest absolute Gasteiger partial charge is 0.163 e. The van der Waals surface area contributed by atoms with Crippen LogP contribution in [0.2, 0.25) is 5.02 Å². The minimum Gasteiger partial charge on any atom is -0.493 e. The van der Waals surface area contributed by atoms with Crippen LogP contribution >= 0.6 is 11.6 Å². The fourth-order valence-electron chi connectivity index (χ4n) is 2.95. The van der Waals surface area contributed by atoms with Crippen LogP contribution in [-0.2, 0) is 13.0 Å². The minimum atomic E-state index is 0.0668. The van der Waals surface area contributed by atoms with Crippen molar-refractivity contribution in [1.29, 1.82) is 0 Å². The maximum absolute atomic E-state index is 6.41. The van der Waals surface area contributed by atoms with E-state index in [-0.39, 0.29) is 6.10 Å². The molecule has 0 spiro atoms. The van der Waals surface area contributed by atoms with Crippen molar-refractivity contribution >= 4 is 22.6 Å². The zero-order valence-electron chi connectivity index (χ0n) is 16.0. The van der Waals surface area contributed by atoms with E-state index in [1.54, 1.807) is 7.11 Å². The maximum Gasteiger partial charge on any atom is 0.163 e. The van der Waals surface area contributed by atoms with Crippen molar-refractivity contribution in [3.05, 3.63) is 52.8 Å². The third-order valence-corrected chi connectivity index (χ3v) is 4.57. The zero-order chi connectivity index (χ0) is 19.2. The largest absolute Gasteiger partial charge is 0.493 e. The first-order valence-electron chi connectivity index (χ1n) is 9.24. The number of hydrogen-bond donors (Lipinski definition) is 2. The van der Waals surface area contributed by atoms with E-state index >= 15 is 0 Å². The van der Waals surface area contributed by atoms with Crippen molar-refractivity contribution < 1.29 is 9.47 Å². The molecule has 27 heavy (non-hydrogen) atoms. The molecule has 0 amide bonds. The molecule has 1 aromatic heterocycles. The van der Waals surface area contributed by atoms with Crippen molar-refractivity contribution in [2.24, 2.45) is 0 Å². The lowest BCUT2D eigenvalue weighted by atomic mass is 10.2. The summed E-state index contributed by atoms with van der Waals surface area (Å²) in [5, 5.41) is 4.11. The number of rotatable bonds is 9. The van der Waals surface area contributed by atoms with Crippen molar-refractivity contribution in [3.63, 3.8) is 0 Å². The van der Waals surface area contributed by atoms with Gasteiger partial charge in [-0.3, -0.25) is 0 Å². The molecule has 144 valence electrons. The number of nitrogens with one attached hydrogen (secondary N) is 2. The Morgan fingerprint density at radius 1 is 1.19 bits per heavy atom. The fourth-order valence-corrected chi connectivity index (χ4v) is 3.17. The Morgan fingerprint density at radius 3 is 2.74 bits per heavy atom. The number of hydrogen-bond acceptors (Lipinski definition) is 4. The summed E-state index contributed by atoms with van der Waals surface area (Å²) in [5.74, 6) is 2.39. The summed E-state index contributed by atoms with van der Waals surface area (Å²) in [6, 6.07) is 11.9. The Balaban J connectivity index is 1.51. The Hall–Kier alpha value is -2.24.